The van der Waals surface area contributed by atoms with Crippen molar-refractivity contribution in [1.29, 1.82) is 0 Å². The summed E-state index contributed by atoms with van der Waals surface area (Å²) in [4.78, 5) is 17.5. The van der Waals surface area contributed by atoms with Crippen molar-refractivity contribution in [3.63, 3.8) is 0 Å². The second-order valence-electron chi connectivity index (χ2n) is 6.27. The van der Waals surface area contributed by atoms with E-state index in [1.165, 1.54) is 0 Å². The summed E-state index contributed by atoms with van der Waals surface area (Å²) in [7, 11) is 1.58. The van der Waals surface area contributed by atoms with Gasteiger partial charge in [0.15, 0.2) is 0 Å². The molecule has 2 N–H and O–H groups in total. The number of hydrogen-bond acceptors (Lipinski definition) is 5. The Hall–Kier alpha value is -4.13. The lowest BCUT2D eigenvalue weighted by molar-refractivity contribution is -0.578. The largest absolute Gasteiger partial charge is 0.618 e. The first-order valence-corrected chi connectivity index (χ1v) is 8.95. The van der Waals surface area contributed by atoms with Gasteiger partial charge in [0, 0.05) is 17.4 Å². The molecule has 0 spiro atoms. The van der Waals surface area contributed by atoms with Gasteiger partial charge in [0.05, 0.1) is 7.11 Å². The first-order chi connectivity index (χ1) is 14.2. The lowest BCUT2D eigenvalue weighted by atomic mass is 10.2. The first-order valence-electron chi connectivity index (χ1n) is 8.95. The third-order valence-corrected chi connectivity index (χ3v) is 4.36. The molecule has 7 heteroatoms. The van der Waals surface area contributed by atoms with Crippen LogP contribution in [-0.4, -0.2) is 18.0 Å². The molecular weight excluding hydrogens is 368 g/mol. The van der Waals surface area contributed by atoms with Crippen LogP contribution < -0.4 is 20.1 Å². The fourth-order valence-corrected chi connectivity index (χ4v) is 2.93. The third-order valence-electron chi connectivity index (χ3n) is 4.36. The molecule has 0 radical (unpaired) electrons. The Balaban J connectivity index is 1.78. The fourth-order valence-electron chi connectivity index (χ4n) is 2.93. The molecule has 0 aliphatic rings. The smallest absolute Gasteiger partial charge is 0.325 e. The van der Waals surface area contributed by atoms with E-state index in [9.17, 15) is 10.0 Å². The molecule has 144 valence electrons. The molecule has 0 unspecified atom stereocenters. The lowest BCUT2D eigenvalue weighted by Gasteiger charge is -2.13. The van der Waals surface area contributed by atoms with Crippen molar-refractivity contribution in [2.24, 2.45) is 0 Å². The van der Waals surface area contributed by atoms with Crippen LogP contribution in [0, 0.1) is 5.21 Å². The SMILES string of the molecule is COc1ccc(Nc2nc3ccccc3[n+]([O-])c2C(=O)Nc2ccccc2)cc1. The maximum Gasteiger partial charge on any atom is 0.325 e. The molecule has 4 aromatic rings. The Kier molecular flexibility index (Phi) is 4.94. The Bertz CT molecular complexity index is 1160. The Morgan fingerprint density at radius 3 is 2.34 bits per heavy atom. The van der Waals surface area contributed by atoms with Crippen molar-refractivity contribution in [2.45, 2.75) is 0 Å². The fraction of sp³-hybridized carbons (Fsp3) is 0.0455. The van der Waals surface area contributed by atoms with Crippen LogP contribution >= 0.6 is 0 Å². The lowest BCUT2D eigenvalue weighted by Crippen LogP contribution is -2.39. The highest BCUT2D eigenvalue weighted by Gasteiger charge is 2.26. The zero-order valence-corrected chi connectivity index (χ0v) is 15.6. The van der Waals surface area contributed by atoms with Crippen molar-refractivity contribution >= 4 is 34.1 Å². The van der Waals surface area contributed by atoms with E-state index in [-0.39, 0.29) is 11.5 Å². The number of methoxy groups -OCH3 is 1. The molecule has 0 aliphatic carbocycles. The summed E-state index contributed by atoms with van der Waals surface area (Å²) < 4.78 is 5.77. The van der Waals surface area contributed by atoms with E-state index >= 15 is 0 Å². The molecule has 1 heterocycles. The van der Waals surface area contributed by atoms with Gasteiger partial charge in [0.25, 0.3) is 0 Å². The third kappa shape index (κ3) is 3.79. The van der Waals surface area contributed by atoms with Crippen LogP contribution in [-0.2, 0) is 0 Å². The highest BCUT2D eigenvalue weighted by Crippen LogP contribution is 2.23. The zero-order chi connectivity index (χ0) is 20.2. The van der Waals surface area contributed by atoms with Crippen molar-refractivity contribution in [3.05, 3.63) is 89.8 Å². The molecule has 4 rings (SSSR count). The molecule has 0 saturated heterocycles. The predicted molar refractivity (Wildman–Crippen MR) is 111 cm³/mol. The topological polar surface area (TPSA) is 90.2 Å². The van der Waals surface area contributed by atoms with Crippen LogP contribution in [0.25, 0.3) is 11.0 Å². The van der Waals surface area contributed by atoms with E-state index in [0.29, 0.717) is 32.9 Å². The van der Waals surface area contributed by atoms with Gasteiger partial charge >= 0.3 is 11.6 Å². The summed E-state index contributed by atoms with van der Waals surface area (Å²) in [5.74, 6) is 0.306. The number of benzene rings is 3. The van der Waals surface area contributed by atoms with Gasteiger partial charge in [-0.3, -0.25) is 4.79 Å². The summed E-state index contributed by atoms with van der Waals surface area (Å²) in [5, 5.41) is 18.9. The number of rotatable bonds is 5. The number of nitrogens with zero attached hydrogens (tertiary/aromatic N) is 2. The van der Waals surface area contributed by atoms with E-state index in [1.54, 1.807) is 79.9 Å². The summed E-state index contributed by atoms with van der Waals surface area (Å²) in [5.41, 5.74) is 1.92. The van der Waals surface area contributed by atoms with Gasteiger partial charge < -0.3 is 20.6 Å². The average Bonchev–Trinajstić information content (AvgIpc) is 2.75. The normalized spacial score (nSPS) is 10.5. The van der Waals surface area contributed by atoms with Gasteiger partial charge in [-0.2, -0.15) is 4.73 Å². The van der Waals surface area contributed by atoms with Gasteiger partial charge in [-0.1, -0.05) is 30.3 Å². The first kappa shape index (κ1) is 18.2. The molecule has 1 amide bonds. The number of fused-ring (bicyclic) bond motifs is 1. The molecule has 29 heavy (non-hydrogen) atoms. The maximum absolute atomic E-state index is 13.0. The minimum Gasteiger partial charge on any atom is -0.618 e. The van der Waals surface area contributed by atoms with Crippen LogP contribution in [0.2, 0.25) is 0 Å². The van der Waals surface area contributed by atoms with Crippen molar-refractivity contribution in [3.8, 4) is 5.75 Å². The number of para-hydroxylation sites is 3. The van der Waals surface area contributed by atoms with E-state index < -0.39 is 5.91 Å². The summed E-state index contributed by atoms with van der Waals surface area (Å²) in [6.45, 7) is 0. The van der Waals surface area contributed by atoms with E-state index in [4.69, 9.17) is 4.74 Å². The van der Waals surface area contributed by atoms with Crippen molar-refractivity contribution < 1.29 is 14.3 Å². The van der Waals surface area contributed by atoms with Crippen LogP contribution in [0.1, 0.15) is 10.5 Å². The summed E-state index contributed by atoms with van der Waals surface area (Å²) >= 11 is 0. The Labute approximate surface area is 167 Å². The number of amides is 1. The summed E-state index contributed by atoms with van der Waals surface area (Å²) in [6, 6.07) is 22.9. The van der Waals surface area contributed by atoms with Crippen LogP contribution in [0.4, 0.5) is 17.2 Å². The number of nitrogens with one attached hydrogen (secondary N) is 2. The number of carbonyl (C=O) groups is 1. The molecule has 0 saturated carbocycles. The van der Waals surface area contributed by atoms with Crippen LogP contribution in [0.3, 0.4) is 0 Å². The zero-order valence-electron chi connectivity index (χ0n) is 15.6. The molecule has 0 atom stereocenters. The summed E-state index contributed by atoms with van der Waals surface area (Å²) in [6.07, 6.45) is 0. The highest BCUT2D eigenvalue weighted by molar-refractivity contribution is 6.06. The quantitative estimate of drug-likeness (QED) is 0.401. The van der Waals surface area contributed by atoms with E-state index in [0.717, 1.165) is 0 Å². The second-order valence-corrected chi connectivity index (χ2v) is 6.27. The number of aromatic nitrogens is 2. The standard InChI is InChI=1S/C22H18N4O3/c1-29-17-13-11-16(12-14-17)23-21-20(22(27)24-15-7-3-2-4-8-15)26(28)19-10-6-5-9-18(19)25-21/h2-14H,1H3,(H,23,25)(H,24,27). The number of anilines is 3. The maximum atomic E-state index is 13.0. The molecular formula is C22H18N4O3. The van der Waals surface area contributed by atoms with Gasteiger partial charge in [-0.05, 0) is 42.5 Å². The molecule has 0 fully saturated rings. The van der Waals surface area contributed by atoms with E-state index in [1.807, 2.05) is 6.07 Å². The average molecular weight is 386 g/mol. The minimum absolute atomic E-state index is 0.122. The number of hydrogen-bond donors (Lipinski definition) is 2. The molecule has 3 aromatic carbocycles. The Morgan fingerprint density at radius 2 is 1.62 bits per heavy atom. The van der Waals surface area contributed by atoms with Crippen LogP contribution in [0.15, 0.2) is 78.9 Å². The van der Waals surface area contributed by atoms with Gasteiger partial charge in [0.1, 0.15) is 11.3 Å². The Morgan fingerprint density at radius 1 is 0.931 bits per heavy atom. The van der Waals surface area contributed by atoms with Gasteiger partial charge in [-0.25, -0.2) is 4.98 Å². The van der Waals surface area contributed by atoms with Gasteiger partial charge in [-0.15, -0.1) is 0 Å². The van der Waals surface area contributed by atoms with Crippen molar-refractivity contribution in [2.75, 3.05) is 17.7 Å². The molecule has 1 aromatic heterocycles. The van der Waals surface area contributed by atoms with Crippen LogP contribution in [0.5, 0.6) is 5.75 Å². The molecule has 0 bridgehead atoms. The molecule has 0 aliphatic heterocycles. The van der Waals surface area contributed by atoms with Gasteiger partial charge in [0.2, 0.25) is 11.3 Å². The minimum atomic E-state index is -0.555. The molecule has 7 nitrogen and oxygen atoms in total. The predicted octanol–water partition coefficient (Wildman–Crippen LogP) is 3.87. The highest BCUT2D eigenvalue weighted by atomic mass is 16.5. The van der Waals surface area contributed by atoms with Crippen molar-refractivity contribution in [1.82, 2.24) is 4.98 Å². The van der Waals surface area contributed by atoms with E-state index in [2.05, 4.69) is 15.6 Å². The monoisotopic (exact) mass is 386 g/mol. The second kappa shape index (κ2) is 7.85. The number of carbonyl (C=O) groups excluding carboxylic acids is 1. The number of ether oxygens (including phenoxy) is 1.